The van der Waals surface area contributed by atoms with Crippen molar-refractivity contribution in [1.29, 1.82) is 26.3 Å². The van der Waals surface area contributed by atoms with Gasteiger partial charge >= 0.3 is 0 Å². The summed E-state index contributed by atoms with van der Waals surface area (Å²) in [6.45, 7) is 0. The SMILES string of the molecule is N#CC(C#N)=C(C#N)CC(=C(C#N)C#N)c1ccc(Cl)cc1. The van der Waals surface area contributed by atoms with Crippen LogP contribution in [-0.4, -0.2) is 0 Å². The number of hydrogen-bond acceptors (Lipinski definition) is 5. The zero-order valence-electron chi connectivity index (χ0n) is 11.1. The summed E-state index contributed by atoms with van der Waals surface area (Å²) in [5.41, 5.74) is 0.152. The van der Waals surface area contributed by atoms with Gasteiger partial charge in [-0.3, -0.25) is 0 Å². The zero-order chi connectivity index (χ0) is 16.5. The van der Waals surface area contributed by atoms with Gasteiger partial charge in [0.2, 0.25) is 0 Å². The van der Waals surface area contributed by atoms with E-state index in [4.69, 9.17) is 37.9 Å². The lowest BCUT2D eigenvalue weighted by Crippen LogP contribution is -1.94. The van der Waals surface area contributed by atoms with Gasteiger partial charge in [0.1, 0.15) is 35.4 Å². The van der Waals surface area contributed by atoms with Crippen LogP contribution in [0.25, 0.3) is 5.57 Å². The highest BCUT2D eigenvalue weighted by molar-refractivity contribution is 6.30. The number of allylic oxidation sites excluding steroid dienone is 4. The monoisotopic (exact) mass is 303 g/mol. The molecule has 0 bridgehead atoms. The fraction of sp³-hybridized carbons (Fsp3) is 0.0625. The summed E-state index contributed by atoms with van der Waals surface area (Å²) in [6.07, 6.45) is -0.162. The van der Waals surface area contributed by atoms with Crippen LogP contribution in [0, 0.1) is 56.7 Å². The molecule has 0 N–H and O–H groups in total. The van der Waals surface area contributed by atoms with Gasteiger partial charge in [0.05, 0.1) is 11.6 Å². The van der Waals surface area contributed by atoms with Gasteiger partial charge in [0.25, 0.3) is 0 Å². The van der Waals surface area contributed by atoms with E-state index in [-0.39, 0.29) is 28.7 Å². The Bertz CT molecular complexity index is 824. The Morgan fingerprint density at radius 3 is 1.68 bits per heavy atom. The summed E-state index contributed by atoms with van der Waals surface area (Å²) >= 11 is 5.80. The Morgan fingerprint density at radius 1 is 0.773 bits per heavy atom. The maximum atomic E-state index is 9.11. The lowest BCUT2D eigenvalue weighted by Gasteiger charge is -2.07. The van der Waals surface area contributed by atoms with E-state index in [2.05, 4.69) is 0 Å². The smallest absolute Gasteiger partial charge is 0.143 e. The average molecular weight is 304 g/mol. The van der Waals surface area contributed by atoms with Crippen molar-refractivity contribution >= 4 is 17.2 Å². The number of nitrogens with zero attached hydrogens (tertiary/aromatic N) is 5. The Labute approximate surface area is 132 Å². The molecule has 0 saturated carbocycles. The molecule has 0 fully saturated rings. The Kier molecular flexibility index (Phi) is 5.92. The van der Waals surface area contributed by atoms with E-state index in [1.165, 1.54) is 0 Å². The van der Waals surface area contributed by atoms with E-state index in [0.29, 0.717) is 10.6 Å². The summed E-state index contributed by atoms with van der Waals surface area (Å²) in [6, 6.07) is 14.9. The first-order valence-corrected chi connectivity index (χ1v) is 6.21. The Balaban J connectivity index is 3.52. The van der Waals surface area contributed by atoms with Crippen molar-refractivity contribution in [2.75, 3.05) is 0 Å². The topological polar surface area (TPSA) is 119 Å². The van der Waals surface area contributed by atoms with Crippen LogP contribution in [0.1, 0.15) is 12.0 Å². The number of benzene rings is 1. The van der Waals surface area contributed by atoms with Gasteiger partial charge in [0, 0.05) is 11.4 Å². The highest BCUT2D eigenvalue weighted by Gasteiger charge is 2.15. The van der Waals surface area contributed by atoms with Crippen LogP contribution in [-0.2, 0) is 0 Å². The summed E-state index contributed by atoms with van der Waals surface area (Å²) in [4.78, 5) is 0. The third-order valence-corrected chi connectivity index (χ3v) is 2.98. The molecule has 1 rings (SSSR count). The average Bonchev–Trinajstić information content (AvgIpc) is 2.55. The van der Waals surface area contributed by atoms with E-state index < -0.39 is 0 Å². The first-order valence-electron chi connectivity index (χ1n) is 5.84. The molecule has 0 spiro atoms. The molecule has 0 aliphatic carbocycles. The molecule has 0 aliphatic rings. The van der Waals surface area contributed by atoms with E-state index >= 15 is 0 Å². The lowest BCUT2D eigenvalue weighted by molar-refractivity contribution is 1.25. The molecule has 0 saturated heterocycles. The summed E-state index contributed by atoms with van der Waals surface area (Å²) < 4.78 is 0. The second-order valence-electron chi connectivity index (χ2n) is 3.95. The van der Waals surface area contributed by atoms with Crippen molar-refractivity contribution in [2.24, 2.45) is 0 Å². The van der Waals surface area contributed by atoms with Crippen molar-refractivity contribution in [2.45, 2.75) is 6.42 Å². The maximum absolute atomic E-state index is 9.11. The number of nitriles is 5. The molecule has 22 heavy (non-hydrogen) atoms. The van der Waals surface area contributed by atoms with Gasteiger partial charge < -0.3 is 0 Å². The van der Waals surface area contributed by atoms with Gasteiger partial charge in [-0.15, -0.1) is 0 Å². The number of hydrogen-bond donors (Lipinski definition) is 0. The highest BCUT2D eigenvalue weighted by atomic mass is 35.5. The first kappa shape index (κ1) is 16.5. The fourth-order valence-corrected chi connectivity index (χ4v) is 1.79. The third kappa shape index (κ3) is 3.72. The molecule has 0 aromatic heterocycles. The van der Waals surface area contributed by atoms with Gasteiger partial charge in [-0.05, 0) is 23.3 Å². The molecule has 0 aliphatic heterocycles. The largest absolute Gasteiger partial charge is 0.193 e. The molecule has 5 nitrogen and oxygen atoms in total. The van der Waals surface area contributed by atoms with Gasteiger partial charge in [-0.2, -0.15) is 26.3 Å². The van der Waals surface area contributed by atoms with Crippen molar-refractivity contribution in [3.63, 3.8) is 0 Å². The summed E-state index contributed by atoms with van der Waals surface area (Å²) in [5, 5.41) is 45.4. The summed E-state index contributed by atoms with van der Waals surface area (Å²) in [5.74, 6) is 0. The molecule has 1 aromatic carbocycles. The van der Waals surface area contributed by atoms with Gasteiger partial charge in [-0.25, -0.2) is 0 Å². The molecule has 0 atom stereocenters. The van der Waals surface area contributed by atoms with Crippen LogP contribution in [0.3, 0.4) is 0 Å². The van der Waals surface area contributed by atoms with Crippen LogP contribution < -0.4 is 0 Å². The number of halogens is 1. The molecule has 0 heterocycles. The third-order valence-electron chi connectivity index (χ3n) is 2.73. The minimum absolute atomic E-state index is 0.0991. The van der Waals surface area contributed by atoms with Crippen molar-refractivity contribution < 1.29 is 0 Å². The zero-order valence-corrected chi connectivity index (χ0v) is 11.9. The molecule has 0 radical (unpaired) electrons. The minimum atomic E-state index is -0.343. The molecular formula is C16H6ClN5. The van der Waals surface area contributed by atoms with E-state index in [1.807, 2.05) is 0 Å². The standard InChI is InChI=1S/C16H6ClN5/c17-15-3-1-11(2-4-15)16(14(9-21)10-22)5-12(6-18)13(7-19)8-20/h1-4H,5H2. The van der Waals surface area contributed by atoms with Crippen LogP contribution in [0.4, 0.5) is 0 Å². The maximum Gasteiger partial charge on any atom is 0.143 e. The van der Waals surface area contributed by atoms with Crippen molar-refractivity contribution in [3.8, 4) is 30.3 Å². The first-order chi connectivity index (χ1) is 10.6. The second kappa shape index (κ2) is 7.89. The van der Waals surface area contributed by atoms with E-state index in [9.17, 15) is 0 Å². The summed E-state index contributed by atoms with van der Waals surface area (Å²) in [7, 11) is 0. The quantitative estimate of drug-likeness (QED) is 0.792. The van der Waals surface area contributed by atoms with Crippen LogP contribution in [0.15, 0.2) is 41.0 Å². The predicted molar refractivity (Wildman–Crippen MR) is 78.1 cm³/mol. The van der Waals surface area contributed by atoms with Crippen LogP contribution in [0.2, 0.25) is 5.02 Å². The molecular weight excluding hydrogens is 298 g/mol. The van der Waals surface area contributed by atoms with Crippen molar-refractivity contribution in [1.82, 2.24) is 0 Å². The van der Waals surface area contributed by atoms with Crippen LogP contribution >= 0.6 is 11.6 Å². The van der Waals surface area contributed by atoms with Gasteiger partial charge in [-0.1, -0.05) is 23.7 Å². The molecule has 102 valence electrons. The Morgan fingerprint density at radius 2 is 1.27 bits per heavy atom. The number of rotatable bonds is 3. The molecule has 0 unspecified atom stereocenters. The van der Waals surface area contributed by atoms with Crippen molar-refractivity contribution in [3.05, 3.63) is 51.6 Å². The van der Waals surface area contributed by atoms with E-state index in [0.717, 1.165) is 0 Å². The predicted octanol–water partition coefficient (Wildman–Crippen LogP) is 3.40. The second-order valence-corrected chi connectivity index (χ2v) is 4.39. The fourth-order valence-electron chi connectivity index (χ4n) is 1.67. The Hall–Kier alpha value is -3.56. The van der Waals surface area contributed by atoms with E-state index in [1.54, 1.807) is 54.6 Å². The van der Waals surface area contributed by atoms with Crippen LogP contribution in [0.5, 0.6) is 0 Å². The molecule has 0 amide bonds. The lowest BCUT2D eigenvalue weighted by atomic mass is 9.93. The molecule has 6 heteroatoms. The minimum Gasteiger partial charge on any atom is -0.193 e. The van der Waals surface area contributed by atoms with Gasteiger partial charge in [0.15, 0.2) is 0 Å². The highest BCUT2D eigenvalue weighted by Crippen LogP contribution is 2.28. The molecule has 1 aromatic rings. The normalized spacial score (nSPS) is 8.18.